The van der Waals surface area contributed by atoms with Crippen LogP contribution in [0.25, 0.3) is 0 Å². The lowest BCUT2D eigenvalue weighted by Gasteiger charge is -2.10. The summed E-state index contributed by atoms with van der Waals surface area (Å²) < 4.78 is 10.2. The second-order valence-corrected chi connectivity index (χ2v) is 3.84. The lowest BCUT2D eigenvalue weighted by Crippen LogP contribution is -2.18. The van der Waals surface area contributed by atoms with E-state index in [0.29, 0.717) is 6.01 Å². The average Bonchev–Trinajstić information content (AvgIpc) is 2.97. The number of ether oxygens (including phenoxy) is 1. The fourth-order valence-corrected chi connectivity index (χ4v) is 1.85. The summed E-state index contributed by atoms with van der Waals surface area (Å²) in [6, 6.07) is 0.398. The molecule has 94 valence electrons. The third-order valence-electron chi connectivity index (χ3n) is 2.68. The van der Waals surface area contributed by atoms with Crippen LogP contribution in [0.1, 0.15) is 36.0 Å². The molecule has 1 aliphatic heterocycles. The highest BCUT2D eigenvalue weighted by Crippen LogP contribution is 2.23. The molecule has 0 aliphatic carbocycles. The van der Waals surface area contributed by atoms with Crippen LogP contribution in [0.3, 0.4) is 0 Å². The van der Waals surface area contributed by atoms with Crippen LogP contribution in [0, 0.1) is 0 Å². The molecule has 0 atom stereocenters. The molecule has 1 aliphatic rings. The van der Waals surface area contributed by atoms with Crippen molar-refractivity contribution in [1.82, 2.24) is 4.98 Å². The van der Waals surface area contributed by atoms with Gasteiger partial charge in [-0.1, -0.05) is 0 Å². The lowest BCUT2D eigenvalue weighted by molar-refractivity contribution is 0.0514. The zero-order valence-electron chi connectivity index (χ0n) is 9.81. The van der Waals surface area contributed by atoms with Crippen molar-refractivity contribution in [3.63, 3.8) is 0 Å². The summed E-state index contributed by atoms with van der Waals surface area (Å²) in [4.78, 5) is 17.6. The molecule has 0 amide bonds. The highest BCUT2D eigenvalue weighted by Gasteiger charge is 2.24. The quantitative estimate of drug-likeness (QED) is 0.789. The van der Waals surface area contributed by atoms with Gasteiger partial charge in [0, 0.05) is 13.1 Å². The number of anilines is 1. The fourth-order valence-electron chi connectivity index (χ4n) is 1.85. The van der Waals surface area contributed by atoms with E-state index in [9.17, 15) is 4.79 Å². The summed E-state index contributed by atoms with van der Waals surface area (Å²) in [6.45, 7) is 3.38. The summed E-state index contributed by atoms with van der Waals surface area (Å²) in [5.41, 5.74) is 0.0799. The molecule has 2 rings (SSSR count). The molecule has 1 aromatic heterocycles. The number of hydrogen-bond donors (Lipinski definition) is 1. The molecule has 0 spiro atoms. The van der Waals surface area contributed by atoms with Crippen LogP contribution in [-0.2, 0) is 11.3 Å². The molecule has 6 heteroatoms. The molecule has 0 radical (unpaired) electrons. The Morgan fingerprint density at radius 1 is 1.53 bits per heavy atom. The third-order valence-corrected chi connectivity index (χ3v) is 2.68. The number of rotatable bonds is 4. The highest BCUT2D eigenvalue weighted by molar-refractivity contribution is 5.88. The second kappa shape index (κ2) is 5.18. The largest absolute Gasteiger partial charge is 0.461 e. The summed E-state index contributed by atoms with van der Waals surface area (Å²) in [6.07, 6.45) is 2.18. The summed E-state index contributed by atoms with van der Waals surface area (Å²) >= 11 is 0. The topological polar surface area (TPSA) is 75.8 Å². The van der Waals surface area contributed by atoms with Gasteiger partial charge in [-0.2, -0.15) is 4.98 Å². The van der Waals surface area contributed by atoms with Gasteiger partial charge < -0.3 is 19.2 Å². The molecular weight excluding hydrogens is 224 g/mol. The predicted molar refractivity (Wildman–Crippen MR) is 59.8 cm³/mol. The van der Waals surface area contributed by atoms with E-state index >= 15 is 0 Å². The standard InChI is InChI=1S/C11H16N2O4/c1-2-16-10(15)9-8(7-14)17-11(12-9)13-5-3-4-6-13/h14H,2-7H2,1H3. The van der Waals surface area contributed by atoms with Crippen molar-refractivity contribution in [2.24, 2.45) is 0 Å². The monoisotopic (exact) mass is 240 g/mol. The van der Waals surface area contributed by atoms with E-state index in [1.54, 1.807) is 6.92 Å². The van der Waals surface area contributed by atoms with Crippen molar-refractivity contribution >= 4 is 12.0 Å². The van der Waals surface area contributed by atoms with Crippen LogP contribution in [0.5, 0.6) is 0 Å². The van der Waals surface area contributed by atoms with Gasteiger partial charge in [0.05, 0.1) is 6.61 Å². The fraction of sp³-hybridized carbons (Fsp3) is 0.636. The Hall–Kier alpha value is -1.56. The van der Waals surface area contributed by atoms with Crippen LogP contribution < -0.4 is 4.90 Å². The molecular formula is C11H16N2O4. The smallest absolute Gasteiger partial charge is 0.360 e. The first kappa shape index (κ1) is 11.9. The molecule has 1 fully saturated rings. The van der Waals surface area contributed by atoms with E-state index in [-0.39, 0.29) is 24.7 Å². The maximum atomic E-state index is 11.6. The van der Waals surface area contributed by atoms with E-state index in [4.69, 9.17) is 14.3 Å². The molecule has 0 unspecified atom stereocenters. The Labute approximate surface area is 99.2 Å². The molecule has 1 saturated heterocycles. The summed E-state index contributed by atoms with van der Waals surface area (Å²) in [5, 5.41) is 9.13. The van der Waals surface area contributed by atoms with Gasteiger partial charge in [-0.3, -0.25) is 0 Å². The van der Waals surface area contributed by atoms with Gasteiger partial charge in [-0.05, 0) is 19.8 Å². The number of hydrogen-bond acceptors (Lipinski definition) is 6. The number of carbonyl (C=O) groups is 1. The summed E-state index contributed by atoms with van der Waals surface area (Å²) in [5.74, 6) is -0.379. The second-order valence-electron chi connectivity index (χ2n) is 3.84. The van der Waals surface area contributed by atoms with E-state index in [0.717, 1.165) is 25.9 Å². The summed E-state index contributed by atoms with van der Waals surface area (Å²) in [7, 11) is 0. The number of nitrogens with zero attached hydrogens (tertiary/aromatic N) is 2. The molecule has 1 aromatic rings. The van der Waals surface area contributed by atoms with Crippen molar-refractivity contribution in [1.29, 1.82) is 0 Å². The Morgan fingerprint density at radius 3 is 2.82 bits per heavy atom. The molecule has 17 heavy (non-hydrogen) atoms. The SMILES string of the molecule is CCOC(=O)c1nc(N2CCCC2)oc1CO. The number of aliphatic hydroxyl groups is 1. The van der Waals surface area contributed by atoms with Crippen molar-refractivity contribution in [3.05, 3.63) is 11.5 Å². The minimum atomic E-state index is -0.550. The zero-order valence-corrected chi connectivity index (χ0v) is 9.81. The Kier molecular flexibility index (Phi) is 3.63. The van der Waals surface area contributed by atoms with E-state index in [1.807, 2.05) is 4.90 Å². The Balaban J connectivity index is 2.22. The maximum Gasteiger partial charge on any atom is 0.360 e. The Bertz CT molecular complexity index is 396. The van der Waals surface area contributed by atoms with E-state index in [2.05, 4.69) is 4.98 Å². The van der Waals surface area contributed by atoms with Crippen LogP contribution in [0.2, 0.25) is 0 Å². The minimum absolute atomic E-state index is 0.0799. The first-order chi connectivity index (χ1) is 8.26. The zero-order chi connectivity index (χ0) is 12.3. The Morgan fingerprint density at radius 2 is 2.24 bits per heavy atom. The molecule has 1 N–H and O–H groups in total. The number of oxazole rings is 1. The molecule has 0 bridgehead atoms. The maximum absolute atomic E-state index is 11.6. The number of aromatic nitrogens is 1. The van der Waals surface area contributed by atoms with Crippen molar-refractivity contribution in [2.75, 3.05) is 24.6 Å². The lowest BCUT2D eigenvalue weighted by atomic mass is 10.3. The predicted octanol–water partition coefficient (Wildman–Crippen LogP) is 0.944. The first-order valence-electron chi connectivity index (χ1n) is 5.79. The van der Waals surface area contributed by atoms with Gasteiger partial charge in [0.15, 0.2) is 11.5 Å². The number of esters is 1. The minimum Gasteiger partial charge on any atom is -0.461 e. The van der Waals surface area contributed by atoms with E-state index < -0.39 is 5.97 Å². The normalized spacial score (nSPS) is 15.3. The van der Waals surface area contributed by atoms with Crippen LogP contribution in [0.15, 0.2) is 4.42 Å². The highest BCUT2D eigenvalue weighted by atomic mass is 16.5. The molecule has 0 saturated carbocycles. The van der Waals surface area contributed by atoms with Gasteiger partial charge >= 0.3 is 5.97 Å². The van der Waals surface area contributed by atoms with Gasteiger partial charge in [0.1, 0.15) is 6.61 Å². The number of carbonyl (C=O) groups excluding carboxylic acids is 1. The van der Waals surface area contributed by atoms with Gasteiger partial charge in [-0.15, -0.1) is 0 Å². The number of aliphatic hydroxyl groups excluding tert-OH is 1. The van der Waals surface area contributed by atoms with Gasteiger partial charge in [0.2, 0.25) is 0 Å². The van der Waals surface area contributed by atoms with Crippen molar-refractivity contribution < 1.29 is 19.1 Å². The van der Waals surface area contributed by atoms with Gasteiger partial charge in [0.25, 0.3) is 6.01 Å². The van der Waals surface area contributed by atoms with Crippen LogP contribution in [0.4, 0.5) is 6.01 Å². The van der Waals surface area contributed by atoms with Crippen molar-refractivity contribution in [2.45, 2.75) is 26.4 Å². The molecule has 2 heterocycles. The third kappa shape index (κ3) is 2.41. The van der Waals surface area contributed by atoms with Crippen molar-refractivity contribution in [3.8, 4) is 0 Å². The molecule has 0 aromatic carbocycles. The first-order valence-corrected chi connectivity index (χ1v) is 5.79. The average molecular weight is 240 g/mol. The van der Waals surface area contributed by atoms with E-state index in [1.165, 1.54) is 0 Å². The van der Waals surface area contributed by atoms with Crippen LogP contribution >= 0.6 is 0 Å². The van der Waals surface area contributed by atoms with Gasteiger partial charge in [-0.25, -0.2) is 4.79 Å². The molecule has 6 nitrogen and oxygen atoms in total. The van der Waals surface area contributed by atoms with Crippen LogP contribution in [-0.4, -0.2) is 35.8 Å².